The number of morpholine rings is 1. The minimum absolute atomic E-state index is 0.0549. The van der Waals surface area contributed by atoms with Crippen molar-refractivity contribution >= 4 is 17.5 Å². The summed E-state index contributed by atoms with van der Waals surface area (Å²) in [5, 5.41) is 6.48. The first-order valence-electron chi connectivity index (χ1n) is 8.18. The molecule has 25 heavy (non-hydrogen) atoms. The fourth-order valence-corrected chi connectivity index (χ4v) is 2.56. The first-order chi connectivity index (χ1) is 12.1. The Hall–Kier alpha value is -2.74. The molecule has 0 unspecified atom stereocenters. The van der Waals surface area contributed by atoms with E-state index in [1.54, 1.807) is 36.1 Å². The lowest BCUT2D eigenvalue weighted by atomic mass is 10.1. The molecule has 1 N–H and O–H groups in total. The molecule has 1 fully saturated rings. The number of rotatable bonds is 5. The maximum absolute atomic E-state index is 12.5. The zero-order valence-electron chi connectivity index (χ0n) is 14.0. The van der Waals surface area contributed by atoms with Gasteiger partial charge in [-0.3, -0.25) is 9.59 Å². The summed E-state index contributed by atoms with van der Waals surface area (Å²) in [5.74, 6) is 0.751. The third kappa shape index (κ3) is 4.63. The zero-order valence-corrected chi connectivity index (χ0v) is 14.0. The van der Waals surface area contributed by atoms with E-state index in [0.717, 1.165) is 0 Å². The van der Waals surface area contributed by atoms with Crippen LogP contribution >= 0.6 is 0 Å². The van der Waals surface area contributed by atoms with Crippen molar-refractivity contribution in [1.82, 2.24) is 15.0 Å². The SMILES string of the molecule is Cc1noc(CCC(=O)Nc2cccc(C(=O)N3CCOCC3)c2)n1. The van der Waals surface area contributed by atoms with E-state index in [0.29, 0.717) is 55.7 Å². The highest BCUT2D eigenvalue weighted by Crippen LogP contribution is 2.14. The number of anilines is 1. The highest BCUT2D eigenvalue weighted by molar-refractivity contribution is 5.97. The molecule has 3 rings (SSSR count). The number of carbonyl (C=O) groups is 2. The molecule has 2 heterocycles. The topological polar surface area (TPSA) is 97.6 Å². The van der Waals surface area contributed by atoms with Crippen LogP contribution in [-0.2, 0) is 16.0 Å². The minimum Gasteiger partial charge on any atom is -0.378 e. The molecule has 1 saturated heterocycles. The van der Waals surface area contributed by atoms with Gasteiger partial charge in [0.15, 0.2) is 5.82 Å². The molecular weight excluding hydrogens is 324 g/mol. The lowest BCUT2D eigenvalue weighted by Crippen LogP contribution is -2.40. The van der Waals surface area contributed by atoms with Crippen LogP contribution in [0.5, 0.6) is 0 Å². The highest BCUT2D eigenvalue weighted by atomic mass is 16.5. The second-order valence-corrected chi connectivity index (χ2v) is 5.77. The third-order valence-corrected chi connectivity index (χ3v) is 3.83. The van der Waals surface area contributed by atoms with Crippen molar-refractivity contribution < 1.29 is 18.8 Å². The molecule has 0 aliphatic carbocycles. The smallest absolute Gasteiger partial charge is 0.254 e. The van der Waals surface area contributed by atoms with Crippen LogP contribution in [0.1, 0.15) is 28.5 Å². The summed E-state index contributed by atoms with van der Waals surface area (Å²) < 4.78 is 10.2. The first-order valence-corrected chi connectivity index (χ1v) is 8.18. The number of hydrogen-bond acceptors (Lipinski definition) is 6. The van der Waals surface area contributed by atoms with Gasteiger partial charge in [-0.2, -0.15) is 4.98 Å². The van der Waals surface area contributed by atoms with Gasteiger partial charge in [-0.1, -0.05) is 11.2 Å². The summed E-state index contributed by atoms with van der Waals surface area (Å²) in [6.07, 6.45) is 0.600. The summed E-state index contributed by atoms with van der Waals surface area (Å²) in [6.45, 7) is 4.00. The largest absolute Gasteiger partial charge is 0.378 e. The van der Waals surface area contributed by atoms with E-state index in [1.807, 2.05) is 0 Å². The molecule has 0 saturated carbocycles. The summed E-state index contributed by atoms with van der Waals surface area (Å²) in [5.41, 5.74) is 1.14. The molecule has 1 aromatic heterocycles. The molecule has 132 valence electrons. The van der Waals surface area contributed by atoms with Crippen LogP contribution in [0.4, 0.5) is 5.69 Å². The monoisotopic (exact) mass is 344 g/mol. The van der Waals surface area contributed by atoms with Crippen LogP contribution in [0.15, 0.2) is 28.8 Å². The summed E-state index contributed by atoms with van der Waals surface area (Å²) >= 11 is 0. The van der Waals surface area contributed by atoms with E-state index < -0.39 is 0 Å². The number of amides is 2. The van der Waals surface area contributed by atoms with Gasteiger partial charge in [0.25, 0.3) is 5.91 Å². The van der Waals surface area contributed by atoms with Crippen molar-refractivity contribution in [3.05, 3.63) is 41.5 Å². The van der Waals surface area contributed by atoms with Gasteiger partial charge < -0.3 is 19.5 Å². The van der Waals surface area contributed by atoms with Crippen LogP contribution in [0, 0.1) is 6.92 Å². The van der Waals surface area contributed by atoms with Crippen molar-refractivity contribution in [2.24, 2.45) is 0 Å². The number of nitrogens with zero attached hydrogens (tertiary/aromatic N) is 3. The van der Waals surface area contributed by atoms with E-state index in [2.05, 4.69) is 15.5 Å². The Balaban J connectivity index is 1.57. The van der Waals surface area contributed by atoms with Gasteiger partial charge in [0, 0.05) is 37.2 Å². The van der Waals surface area contributed by atoms with Crippen molar-refractivity contribution in [1.29, 1.82) is 0 Å². The van der Waals surface area contributed by atoms with Gasteiger partial charge >= 0.3 is 0 Å². The van der Waals surface area contributed by atoms with Crippen molar-refractivity contribution in [2.75, 3.05) is 31.6 Å². The Morgan fingerprint density at radius 1 is 1.28 bits per heavy atom. The molecule has 2 aromatic rings. The van der Waals surface area contributed by atoms with Gasteiger partial charge in [0.2, 0.25) is 11.8 Å². The molecule has 0 bridgehead atoms. The average Bonchev–Trinajstić information content (AvgIpc) is 3.06. The van der Waals surface area contributed by atoms with Gasteiger partial charge in [0.05, 0.1) is 13.2 Å². The highest BCUT2D eigenvalue weighted by Gasteiger charge is 2.18. The standard InChI is InChI=1S/C17H20N4O4/c1-12-18-16(25-20-12)6-5-15(22)19-14-4-2-3-13(11-14)17(23)21-7-9-24-10-8-21/h2-4,11H,5-10H2,1H3,(H,19,22). The van der Waals surface area contributed by atoms with E-state index in [9.17, 15) is 9.59 Å². The van der Waals surface area contributed by atoms with Crippen molar-refractivity contribution in [2.45, 2.75) is 19.8 Å². The summed E-state index contributed by atoms with van der Waals surface area (Å²) in [4.78, 5) is 30.4. The fourth-order valence-electron chi connectivity index (χ4n) is 2.56. The second-order valence-electron chi connectivity index (χ2n) is 5.77. The second kappa shape index (κ2) is 7.89. The summed E-state index contributed by atoms with van der Waals surface area (Å²) in [6, 6.07) is 6.94. The summed E-state index contributed by atoms with van der Waals surface area (Å²) in [7, 11) is 0. The minimum atomic E-state index is -0.174. The molecule has 0 radical (unpaired) electrons. The number of aryl methyl sites for hydroxylation is 2. The van der Waals surface area contributed by atoms with Crippen molar-refractivity contribution in [3.63, 3.8) is 0 Å². The molecular formula is C17H20N4O4. The molecule has 1 aromatic carbocycles. The van der Waals surface area contributed by atoms with Crippen molar-refractivity contribution in [3.8, 4) is 0 Å². The Morgan fingerprint density at radius 3 is 2.80 bits per heavy atom. The van der Waals surface area contributed by atoms with E-state index in [-0.39, 0.29) is 18.2 Å². The predicted octanol–water partition coefficient (Wildman–Crippen LogP) is 1.42. The maximum atomic E-state index is 12.5. The number of benzene rings is 1. The molecule has 1 aliphatic heterocycles. The molecule has 1 aliphatic rings. The number of hydrogen-bond donors (Lipinski definition) is 1. The van der Waals surface area contributed by atoms with Crippen LogP contribution in [0.3, 0.4) is 0 Å². The molecule has 0 atom stereocenters. The Bertz CT molecular complexity index is 753. The molecule has 8 heteroatoms. The quantitative estimate of drug-likeness (QED) is 0.881. The molecule has 2 amide bonds. The van der Waals surface area contributed by atoms with Crippen LogP contribution in [-0.4, -0.2) is 53.2 Å². The number of nitrogens with one attached hydrogen (secondary N) is 1. The van der Waals surface area contributed by atoms with Crippen LogP contribution < -0.4 is 5.32 Å². The number of ether oxygens (including phenoxy) is 1. The lowest BCUT2D eigenvalue weighted by Gasteiger charge is -2.27. The van der Waals surface area contributed by atoms with E-state index >= 15 is 0 Å². The van der Waals surface area contributed by atoms with Gasteiger partial charge in [-0.25, -0.2) is 0 Å². The fraction of sp³-hybridized carbons (Fsp3) is 0.412. The predicted molar refractivity (Wildman–Crippen MR) is 89.2 cm³/mol. The molecule has 8 nitrogen and oxygen atoms in total. The molecule has 0 spiro atoms. The van der Waals surface area contributed by atoms with Crippen LogP contribution in [0.2, 0.25) is 0 Å². The van der Waals surface area contributed by atoms with E-state index in [4.69, 9.17) is 9.26 Å². The third-order valence-electron chi connectivity index (χ3n) is 3.83. The van der Waals surface area contributed by atoms with Crippen LogP contribution in [0.25, 0.3) is 0 Å². The number of carbonyl (C=O) groups excluding carboxylic acids is 2. The zero-order chi connectivity index (χ0) is 17.6. The van der Waals surface area contributed by atoms with E-state index in [1.165, 1.54) is 0 Å². The first kappa shape index (κ1) is 17.1. The Morgan fingerprint density at radius 2 is 2.08 bits per heavy atom. The maximum Gasteiger partial charge on any atom is 0.254 e. The normalized spacial score (nSPS) is 14.4. The Labute approximate surface area is 145 Å². The van der Waals surface area contributed by atoms with Gasteiger partial charge in [0.1, 0.15) is 0 Å². The Kier molecular flexibility index (Phi) is 5.39. The van der Waals surface area contributed by atoms with Gasteiger partial charge in [-0.15, -0.1) is 0 Å². The lowest BCUT2D eigenvalue weighted by molar-refractivity contribution is -0.116. The number of aromatic nitrogens is 2. The average molecular weight is 344 g/mol. The van der Waals surface area contributed by atoms with Gasteiger partial charge in [-0.05, 0) is 25.1 Å².